The minimum Gasteiger partial charge on any atom is -0.201 e. The second-order valence-corrected chi connectivity index (χ2v) is 6.43. The minimum absolute atomic E-state index is 0.570. The zero-order chi connectivity index (χ0) is 9.60. The van der Waals surface area contributed by atoms with Crippen molar-refractivity contribution in [3.05, 3.63) is 17.1 Å². The number of hydrogen-bond acceptors (Lipinski definition) is 2. The Kier molecular flexibility index (Phi) is 2.21. The molecule has 2 aliphatic rings. The molecule has 1 nitrogen and oxygen atoms in total. The fourth-order valence-corrected chi connectivity index (χ4v) is 4.42. The Morgan fingerprint density at radius 3 is 2.86 bits per heavy atom. The largest absolute Gasteiger partial charge is 0.201 e. The summed E-state index contributed by atoms with van der Waals surface area (Å²) in [7, 11) is 0. The molecular formula is C11H14BrNS. The highest BCUT2D eigenvalue weighted by Crippen LogP contribution is 2.61. The quantitative estimate of drug-likeness (QED) is 0.767. The van der Waals surface area contributed by atoms with E-state index in [9.17, 15) is 0 Å². The Morgan fingerprint density at radius 2 is 2.29 bits per heavy atom. The number of alkyl halides is 1. The molecule has 0 aliphatic heterocycles. The average Bonchev–Trinajstić information content (AvgIpc) is 2.68. The van der Waals surface area contributed by atoms with Gasteiger partial charge in [-0.25, -0.2) is 4.37 Å². The van der Waals surface area contributed by atoms with Crippen molar-refractivity contribution in [1.29, 1.82) is 0 Å². The first-order valence-corrected chi connectivity index (χ1v) is 7.16. The Morgan fingerprint density at radius 1 is 1.50 bits per heavy atom. The highest BCUT2D eigenvalue weighted by Gasteiger charge is 2.53. The Hall–Kier alpha value is 0.110. The number of aromatic nitrogens is 1. The second kappa shape index (κ2) is 3.31. The fraction of sp³-hybridized carbons (Fsp3) is 0.727. The highest BCUT2D eigenvalue weighted by molar-refractivity contribution is 9.09. The van der Waals surface area contributed by atoms with E-state index in [0.29, 0.717) is 5.41 Å². The molecule has 0 aromatic carbocycles. The van der Waals surface area contributed by atoms with E-state index in [-0.39, 0.29) is 0 Å². The van der Waals surface area contributed by atoms with Gasteiger partial charge in [0.1, 0.15) is 0 Å². The van der Waals surface area contributed by atoms with E-state index in [4.69, 9.17) is 0 Å². The van der Waals surface area contributed by atoms with Crippen LogP contribution in [0.4, 0.5) is 0 Å². The number of nitrogens with zero attached hydrogens (tertiary/aromatic N) is 1. The van der Waals surface area contributed by atoms with Crippen LogP contribution in [0.25, 0.3) is 0 Å². The molecule has 1 aromatic rings. The van der Waals surface area contributed by atoms with Gasteiger partial charge in [0.05, 0.1) is 0 Å². The van der Waals surface area contributed by atoms with Crippen LogP contribution in [0.2, 0.25) is 0 Å². The Bertz CT molecular complexity index is 312. The SMILES string of the molecule is BrCC1(Cc2ccns2)CC2CC2C1. The Balaban J connectivity index is 1.75. The lowest BCUT2D eigenvalue weighted by Crippen LogP contribution is -2.23. The number of halogens is 1. The lowest BCUT2D eigenvalue weighted by molar-refractivity contribution is 0.310. The summed E-state index contributed by atoms with van der Waals surface area (Å²) in [5.74, 6) is 2.14. The molecule has 14 heavy (non-hydrogen) atoms. The molecule has 0 radical (unpaired) electrons. The molecule has 2 atom stereocenters. The third-order valence-corrected chi connectivity index (χ3v) is 5.71. The molecule has 0 saturated heterocycles. The maximum Gasteiger partial charge on any atom is 0.0409 e. The lowest BCUT2D eigenvalue weighted by Gasteiger charge is -2.27. The monoisotopic (exact) mass is 271 g/mol. The van der Waals surface area contributed by atoms with E-state index in [0.717, 1.165) is 11.8 Å². The fourth-order valence-electron chi connectivity index (χ4n) is 3.01. The molecule has 1 heterocycles. The van der Waals surface area contributed by atoms with E-state index >= 15 is 0 Å². The minimum atomic E-state index is 0.570. The number of fused-ring (bicyclic) bond motifs is 1. The molecule has 3 rings (SSSR count). The molecule has 2 saturated carbocycles. The van der Waals surface area contributed by atoms with Crippen LogP contribution in [0.15, 0.2) is 12.3 Å². The standard InChI is InChI=1S/C11H14BrNS/c12-7-11(4-8-3-9(8)5-11)6-10-1-2-13-14-10/h1-2,8-9H,3-7H2. The third-order valence-electron chi connectivity index (χ3n) is 3.78. The molecule has 2 fully saturated rings. The van der Waals surface area contributed by atoms with Crippen molar-refractivity contribution in [3.8, 4) is 0 Å². The summed E-state index contributed by atoms with van der Waals surface area (Å²) >= 11 is 5.38. The van der Waals surface area contributed by atoms with Gasteiger partial charge in [0.15, 0.2) is 0 Å². The van der Waals surface area contributed by atoms with Gasteiger partial charge in [0.25, 0.3) is 0 Å². The van der Waals surface area contributed by atoms with Crippen LogP contribution in [0.3, 0.4) is 0 Å². The van der Waals surface area contributed by atoms with Crippen molar-refractivity contribution in [2.45, 2.75) is 25.7 Å². The number of rotatable bonds is 3. The summed E-state index contributed by atoms with van der Waals surface area (Å²) in [6, 6.07) is 2.18. The van der Waals surface area contributed by atoms with Gasteiger partial charge in [-0.3, -0.25) is 0 Å². The van der Waals surface area contributed by atoms with Crippen LogP contribution in [0.5, 0.6) is 0 Å². The first-order chi connectivity index (χ1) is 6.81. The normalized spacial score (nSPS) is 39.8. The van der Waals surface area contributed by atoms with Crippen molar-refractivity contribution >= 4 is 27.5 Å². The second-order valence-electron chi connectivity index (χ2n) is 4.95. The van der Waals surface area contributed by atoms with Crippen molar-refractivity contribution in [1.82, 2.24) is 4.37 Å². The first-order valence-electron chi connectivity index (χ1n) is 5.27. The maximum absolute atomic E-state index is 4.19. The van der Waals surface area contributed by atoms with Gasteiger partial charge >= 0.3 is 0 Å². The van der Waals surface area contributed by atoms with Crippen LogP contribution in [0.1, 0.15) is 24.1 Å². The van der Waals surface area contributed by atoms with Crippen molar-refractivity contribution in [2.24, 2.45) is 17.3 Å². The van der Waals surface area contributed by atoms with Crippen molar-refractivity contribution < 1.29 is 0 Å². The highest BCUT2D eigenvalue weighted by atomic mass is 79.9. The summed E-state index contributed by atoms with van der Waals surface area (Å²) in [5, 5.41) is 1.17. The van der Waals surface area contributed by atoms with E-state index in [1.807, 2.05) is 6.20 Å². The van der Waals surface area contributed by atoms with E-state index in [2.05, 4.69) is 26.4 Å². The molecule has 76 valence electrons. The molecule has 2 unspecified atom stereocenters. The van der Waals surface area contributed by atoms with E-state index in [1.54, 1.807) is 11.5 Å². The van der Waals surface area contributed by atoms with E-state index < -0.39 is 0 Å². The predicted molar refractivity (Wildman–Crippen MR) is 62.9 cm³/mol. The van der Waals surface area contributed by atoms with Crippen LogP contribution in [-0.4, -0.2) is 9.70 Å². The zero-order valence-electron chi connectivity index (χ0n) is 8.08. The summed E-state index contributed by atoms with van der Waals surface area (Å²) < 4.78 is 4.19. The molecule has 3 heteroatoms. The van der Waals surface area contributed by atoms with Crippen LogP contribution in [0, 0.1) is 17.3 Å². The molecule has 1 aromatic heterocycles. The predicted octanol–water partition coefficient (Wildman–Crippen LogP) is 3.50. The maximum atomic E-state index is 4.19. The molecule has 2 aliphatic carbocycles. The molecular weight excluding hydrogens is 258 g/mol. The summed E-state index contributed by atoms with van der Waals surface area (Å²) in [5.41, 5.74) is 0.570. The summed E-state index contributed by atoms with van der Waals surface area (Å²) in [4.78, 5) is 1.46. The van der Waals surface area contributed by atoms with Crippen LogP contribution >= 0.6 is 27.5 Å². The first kappa shape index (κ1) is 9.34. The van der Waals surface area contributed by atoms with Crippen molar-refractivity contribution in [3.63, 3.8) is 0 Å². The summed E-state index contributed by atoms with van der Waals surface area (Å²) in [6.45, 7) is 0. The van der Waals surface area contributed by atoms with Crippen molar-refractivity contribution in [2.75, 3.05) is 5.33 Å². The van der Waals surface area contributed by atoms with Gasteiger partial charge in [-0.05, 0) is 60.5 Å². The molecule has 0 bridgehead atoms. The average molecular weight is 272 g/mol. The third kappa shape index (κ3) is 1.54. The van der Waals surface area contributed by atoms with Crippen LogP contribution < -0.4 is 0 Å². The van der Waals surface area contributed by atoms with Crippen LogP contribution in [-0.2, 0) is 6.42 Å². The Labute approximate surface area is 97.2 Å². The number of hydrogen-bond donors (Lipinski definition) is 0. The summed E-state index contributed by atoms with van der Waals surface area (Å²) in [6.07, 6.45) is 7.58. The molecule has 0 amide bonds. The zero-order valence-corrected chi connectivity index (χ0v) is 10.5. The van der Waals surface area contributed by atoms with Gasteiger partial charge < -0.3 is 0 Å². The topological polar surface area (TPSA) is 12.9 Å². The van der Waals surface area contributed by atoms with Gasteiger partial charge in [-0.1, -0.05) is 15.9 Å². The van der Waals surface area contributed by atoms with Gasteiger partial charge in [0.2, 0.25) is 0 Å². The smallest absolute Gasteiger partial charge is 0.0409 e. The van der Waals surface area contributed by atoms with Gasteiger partial charge in [0, 0.05) is 16.4 Å². The van der Waals surface area contributed by atoms with Gasteiger partial charge in [-0.2, -0.15) is 0 Å². The van der Waals surface area contributed by atoms with E-state index in [1.165, 1.54) is 35.9 Å². The van der Waals surface area contributed by atoms with Gasteiger partial charge in [-0.15, -0.1) is 0 Å². The lowest BCUT2D eigenvalue weighted by atomic mass is 9.81. The molecule has 0 spiro atoms. The molecule has 0 N–H and O–H groups in total.